The summed E-state index contributed by atoms with van der Waals surface area (Å²) in [7, 11) is 0. The average Bonchev–Trinajstić information content (AvgIpc) is 3.00. The number of amides is 1. The van der Waals surface area contributed by atoms with E-state index in [9.17, 15) is 9.18 Å². The number of fused-ring (bicyclic) bond motifs is 1. The Labute approximate surface area is 148 Å². The maximum atomic E-state index is 13.1. The van der Waals surface area contributed by atoms with E-state index in [1.54, 1.807) is 6.07 Å². The Morgan fingerprint density at radius 2 is 2.08 bits per heavy atom. The van der Waals surface area contributed by atoms with Crippen LogP contribution in [0, 0.1) is 5.82 Å². The van der Waals surface area contributed by atoms with Crippen LogP contribution in [0.5, 0.6) is 0 Å². The monoisotopic (exact) mass is 363 g/mol. The van der Waals surface area contributed by atoms with Gasteiger partial charge in [0.05, 0.1) is 16.8 Å². The van der Waals surface area contributed by atoms with Crippen molar-refractivity contribution in [2.75, 3.05) is 5.75 Å². The minimum absolute atomic E-state index is 0.0519. The first kappa shape index (κ1) is 16.9. The highest BCUT2D eigenvalue weighted by molar-refractivity contribution is 8.00. The molecule has 0 aliphatic rings. The molecule has 1 aromatic heterocycles. The predicted octanol–water partition coefficient (Wildman–Crippen LogP) is 5.19. The third-order valence-corrected chi connectivity index (χ3v) is 4.79. The molecule has 3 aromatic rings. The van der Waals surface area contributed by atoms with Crippen LogP contribution in [0.25, 0.3) is 11.0 Å². The van der Waals surface area contributed by atoms with Crippen LogP contribution in [0.3, 0.4) is 0 Å². The van der Waals surface area contributed by atoms with Gasteiger partial charge in [-0.2, -0.15) is 0 Å². The molecular formula is C18H15ClFNO2S. The smallest absolute Gasteiger partial charge is 0.230 e. The van der Waals surface area contributed by atoms with E-state index in [1.165, 1.54) is 23.9 Å². The lowest BCUT2D eigenvalue weighted by Gasteiger charge is -2.11. The van der Waals surface area contributed by atoms with Crippen molar-refractivity contribution in [3.63, 3.8) is 0 Å². The van der Waals surface area contributed by atoms with Gasteiger partial charge in [0.2, 0.25) is 5.91 Å². The van der Waals surface area contributed by atoms with Gasteiger partial charge >= 0.3 is 0 Å². The Hall–Kier alpha value is -1.98. The zero-order valence-corrected chi connectivity index (χ0v) is 14.5. The van der Waals surface area contributed by atoms with Gasteiger partial charge in [-0.3, -0.25) is 4.79 Å². The summed E-state index contributed by atoms with van der Waals surface area (Å²) in [5, 5.41) is 3.95. The molecule has 1 N–H and O–H groups in total. The van der Waals surface area contributed by atoms with Crippen LogP contribution in [0.15, 0.2) is 57.8 Å². The summed E-state index contributed by atoms with van der Waals surface area (Å²) in [6.07, 6.45) is 0. The Morgan fingerprint density at radius 3 is 2.83 bits per heavy atom. The number of para-hydroxylation sites is 1. The van der Waals surface area contributed by atoms with E-state index in [2.05, 4.69) is 5.32 Å². The van der Waals surface area contributed by atoms with Gasteiger partial charge in [-0.25, -0.2) is 4.39 Å². The first-order chi connectivity index (χ1) is 11.5. The zero-order chi connectivity index (χ0) is 17.1. The summed E-state index contributed by atoms with van der Waals surface area (Å²) < 4.78 is 18.9. The normalized spacial score (nSPS) is 12.3. The quantitative estimate of drug-likeness (QED) is 0.634. The molecule has 24 heavy (non-hydrogen) atoms. The van der Waals surface area contributed by atoms with Crippen LogP contribution in [0.1, 0.15) is 18.7 Å². The number of benzene rings is 2. The maximum Gasteiger partial charge on any atom is 0.230 e. The fourth-order valence-electron chi connectivity index (χ4n) is 2.29. The van der Waals surface area contributed by atoms with Crippen molar-refractivity contribution in [1.29, 1.82) is 0 Å². The van der Waals surface area contributed by atoms with Crippen LogP contribution < -0.4 is 5.32 Å². The molecule has 0 aliphatic heterocycles. The first-order valence-corrected chi connectivity index (χ1v) is 8.75. The molecule has 1 heterocycles. The number of hydrogen-bond acceptors (Lipinski definition) is 3. The molecule has 3 nitrogen and oxygen atoms in total. The lowest BCUT2D eigenvalue weighted by Crippen LogP contribution is -2.27. The summed E-state index contributed by atoms with van der Waals surface area (Å²) in [5.41, 5.74) is 0.795. The molecule has 1 amide bonds. The van der Waals surface area contributed by atoms with Gasteiger partial charge in [0, 0.05) is 10.3 Å². The van der Waals surface area contributed by atoms with Crippen LogP contribution >= 0.6 is 23.4 Å². The summed E-state index contributed by atoms with van der Waals surface area (Å²) >= 11 is 7.03. The fourth-order valence-corrected chi connectivity index (χ4v) is 3.28. The third-order valence-electron chi connectivity index (χ3n) is 3.51. The Balaban J connectivity index is 1.58. The number of halogens is 2. The molecule has 0 saturated carbocycles. The van der Waals surface area contributed by atoms with Gasteiger partial charge in [-0.15, -0.1) is 11.8 Å². The van der Waals surface area contributed by atoms with Gasteiger partial charge < -0.3 is 9.73 Å². The minimum Gasteiger partial charge on any atom is -0.459 e. The number of carbonyl (C=O) groups excluding carboxylic acids is 1. The molecule has 2 aromatic carbocycles. The summed E-state index contributed by atoms with van der Waals surface area (Å²) in [6, 6.07) is 13.8. The van der Waals surface area contributed by atoms with Crippen molar-refractivity contribution in [3.8, 4) is 0 Å². The van der Waals surface area contributed by atoms with Crippen LogP contribution in [0.2, 0.25) is 5.02 Å². The molecule has 0 fully saturated rings. The van der Waals surface area contributed by atoms with Gasteiger partial charge in [-0.1, -0.05) is 29.8 Å². The molecule has 0 aliphatic carbocycles. The van der Waals surface area contributed by atoms with E-state index in [0.717, 1.165) is 15.9 Å². The molecule has 0 radical (unpaired) electrons. The van der Waals surface area contributed by atoms with Crippen molar-refractivity contribution in [2.45, 2.75) is 17.9 Å². The Kier molecular flexibility index (Phi) is 5.11. The van der Waals surface area contributed by atoms with Crippen molar-refractivity contribution < 1.29 is 13.6 Å². The third kappa shape index (κ3) is 3.91. The van der Waals surface area contributed by atoms with Crippen LogP contribution in [-0.2, 0) is 4.79 Å². The van der Waals surface area contributed by atoms with Crippen molar-refractivity contribution in [3.05, 3.63) is 65.1 Å². The minimum atomic E-state index is -0.469. The zero-order valence-electron chi connectivity index (χ0n) is 12.9. The molecule has 0 spiro atoms. The molecule has 3 rings (SSSR count). The van der Waals surface area contributed by atoms with Gasteiger partial charge in [-0.05, 0) is 37.3 Å². The average molecular weight is 364 g/mol. The lowest BCUT2D eigenvalue weighted by molar-refractivity contribution is -0.119. The van der Waals surface area contributed by atoms with E-state index in [4.69, 9.17) is 16.0 Å². The maximum absolute atomic E-state index is 13.1. The van der Waals surface area contributed by atoms with Crippen molar-refractivity contribution in [1.82, 2.24) is 5.32 Å². The summed E-state index contributed by atoms with van der Waals surface area (Å²) in [6.45, 7) is 1.87. The Morgan fingerprint density at radius 1 is 1.29 bits per heavy atom. The molecular weight excluding hydrogens is 349 g/mol. The van der Waals surface area contributed by atoms with Crippen molar-refractivity contribution in [2.24, 2.45) is 0 Å². The standard InChI is InChI=1S/C18H15ClFNO2S/c1-11(17-8-12-4-2-3-5-16(12)23-17)21-18(22)10-24-13-6-7-15(20)14(19)9-13/h2-9,11H,10H2,1H3,(H,21,22). The topological polar surface area (TPSA) is 42.2 Å². The van der Waals surface area contributed by atoms with Crippen LogP contribution in [0.4, 0.5) is 4.39 Å². The van der Waals surface area contributed by atoms with E-state index >= 15 is 0 Å². The second-order valence-electron chi connectivity index (χ2n) is 5.34. The van der Waals surface area contributed by atoms with Gasteiger partial charge in [0.25, 0.3) is 0 Å². The number of nitrogens with one attached hydrogen (secondary N) is 1. The highest BCUT2D eigenvalue weighted by atomic mass is 35.5. The molecule has 6 heteroatoms. The second-order valence-corrected chi connectivity index (χ2v) is 6.80. The molecule has 1 atom stereocenters. The molecule has 0 bridgehead atoms. The van der Waals surface area contributed by atoms with Gasteiger partial charge in [0.1, 0.15) is 17.2 Å². The molecule has 1 unspecified atom stereocenters. The van der Waals surface area contributed by atoms with E-state index < -0.39 is 5.82 Å². The second kappa shape index (κ2) is 7.28. The molecule has 124 valence electrons. The first-order valence-electron chi connectivity index (χ1n) is 7.38. The van der Waals surface area contributed by atoms with E-state index in [-0.39, 0.29) is 22.7 Å². The van der Waals surface area contributed by atoms with Crippen LogP contribution in [-0.4, -0.2) is 11.7 Å². The number of thioether (sulfide) groups is 1. The Bertz CT molecular complexity index is 847. The predicted molar refractivity (Wildman–Crippen MR) is 94.9 cm³/mol. The number of furan rings is 1. The largest absolute Gasteiger partial charge is 0.459 e. The van der Waals surface area contributed by atoms with Crippen molar-refractivity contribution >= 4 is 40.2 Å². The van der Waals surface area contributed by atoms with E-state index in [1.807, 2.05) is 37.3 Å². The number of carbonyl (C=O) groups is 1. The number of rotatable bonds is 5. The lowest BCUT2D eigenvalue weighted by atomic mass is 10.2. The fraction of sp³-hybridized carbons (Fsp3) is 0.167. The molecule has 0 saturated heterocycles. The summed E-state index contributed by atoms with van der Waals surface area (Å²) in [5.74, 6) is 0.323. The SMILES string of the molecule is CC(NC(=O)CSc1ccc(F)c(Cl)c1)c1cc2ccccc2o1. The highest BCUT2D eigenvalue weighted by Gasteiger charge is 2.14. The van der Waals surface area contributed by atoms with E-state index in [0.29, 0.717) is 5.76 Å². The summed E-state index contributed by atoms with van der Waals surface area (Å²) in [4.78, 5) is 12.8. The highest BCUT2D eigenvalue weighted by Crippen LogP contribution is 2.25. The number of hydrogen-bond donors (Lipinski definition) is 1. The van der Waals surface area contributed by atoms with Gasteiger partial charge in [0.15, 0.2) is 0 Å².